The van der Waals surface area contributed by atoms with Gasteiger partial charge in [0.05, 0.1) is 5.69 Å². The predicted octanol–water partition coefficient (Wildman–Crippen LogP) is 0.759. The average molecular weight is 196 g/mol. The maximum atomic E-state index is 5.50. The Labute approximate surface area is 85.5 Å². The zero-order valence-electron chi connectivity index (χ0n) is 9.41. The molecule has 0 aromatic carbocycles. The van der Waals surface area contributed by atoms with E-state index in [0.717, 1.165) is 12.1 Å². The summed E-state index contributed by atoms with van der Waals surface area (Å²) in [7, 11) is 1.97. The highest BCUT2D eigenvalue weighted by molar-refractivity contribution is 5.10. The van der Waals surface area contributed by atoms with Crippen molar-refractivity contribution in [1.29, 1.82) is 0 Å². The van der Waals surface area contributed by atoms with E-state index >= 15 is 0 Å². The zero-order chi connectivity index (χ0) is 10.7. The predicted molar refractivity (Wildman–Crippen MR) is 57.6 cm³/mol. The Bertz CT molecular complexity index is 290. The number of aryl methyl sites for hydroxylation is 2. The highest BCUT2D eigenvalue weighted by Crippen LogP contribution is 2.10. The van der Waals surface area contributed by atoms with Crippen molar-refractivity contribution >= 4 is 0 Å². The number of hydrogen-bond acceptors (Lipinski definition) is 3. The molecule has 0 aliphatic carbocycles. The molecule has 0 saturated heterocycles. The minimum Gasteiger partial charge on any atom is -0.272 e. The second-order valence-corrected chi connectivity index (χ2v) is 4.12. The van der Waals surface area contributed by atoms with E-state index < -0.39 is 0 Å². The normalized spacial score (nSPS) is 13.6. The highest BCUT2D eigenvalue weighted by Gasteiger charge is 2.14. The topological polar surface area (TPSA) is 55.9 Å². The number of aromatic nitrogens is 2. The van der Waals surface area contributed by atoms with E-state index in [-0.39, 0.29) is 0 Å². The van der Waals surface area contributed by atoms with Crippen molar-refractivity contribution in [3.05, 3.63) is 17.5 Å². The largest absolute Gasteiger partial charge is 0.272 e. The van der Waals surface area contributed by atoms with E-state index in [2.05, 4.69) is 30.4 Å². The Morgan fingerprint density at radius 2 is 2.21 bits per heavy atom. The molecule has 0 fully saturated rings. The Morgan fingerprint density at radius 1 is 1.57 bits per heavy atom. The van der Waals surface area contributed by atoms with Gasteiger partial charge in [-0.1, -0.05) is 13.8 Å². The molecule has 0 aliphatic heterocycles. The lowest BCUT2D eigenvalue weighted by Gasteiger charge is -2.19. The van der Waals surface area contributed by atoms with Crippen molar-refractivity contribution in [2.45, 2.75) is 33.2 Å². The Morgan fingerprint density at radius 3 is 2.57 bits per heavy atom. The molecule has 1 aromatic heterocycles. The quantitative estimate of drug-likeness (QED) is 0.552. The van der Waals surface area contributed by atoms with Crippen molar-refractivity contribution in [3.8, 4) is 0 Å². The van der Waals surface area contributed by atoms with E-state index in [1.54, 1.807) is 0 Å². The molecule has 14 heavy (non-hydrogen) atoms. The Hall–Kier alpha value is -0.870. The SMILES string of the molecule is Cc1cc(CC(NN)C(C)C)n(C)n1. The van der Waals surface area contributed by atoms with Crippen LogP contribution in [-0.2, 0) is 13.5 Å². The lowest BCUT2D eigenvalue weighted by Crippen LogP contribution is -2.40. The standard InChI is InChI=1S/C10H20N4/c1-7(2)10(12-11)6-9-5-8(3)13-14(9)4/h5,7,10,12H,6,11H2,1-4H3. The molecule has 0 bridgehead atoms. The molecule has 1 heterocycles. The van der Waals surface area contributed by atoms with Crippen molar-refractivity contribution in [2.75, 3.05) is 0 Å². The summed E-state index contributed by atoms with van der Waals surface area (Å²) in [6.07, 6.45) is 0.922. The van der Waals surface area contributed by atoms with Gasteiger partial charge in [0.2, 0.25) is 0 Å². The number of hydrazine groups is 1. The van der Waals surface area contributed by atoms with Crippen LogP contribution in [0.4, 0.5) is 0 Å². The first-order chi connectivity index (χ1) is 6.54. The van der Waals surface area contributed by atoms with Gasteiger partial charge in [-0.05, 0) is 18.9 Å². The first-order valence-electron chi connectivity index (χ1n) is 5.00. The smallest absolute Gasteiger partial charge is 0.0596 e. The van der Waals surface area contributed by atoms with Gasteiger partial charge >= 0.3 is 0 Å². The van der Waals surface area contributed by atoms with Crippen molar-refractivity contribution in [2.24, 2.45) is 18.8 Å². The maximum absolute atomic E-state index is 5.50. The molecule has 4 nitrogen and oxygen atoms in total. The van der Waals surface area contributed by atoms with Crippen LogP contribution in [0.2, 0.25) is 0 Å². The van der Waals surface area contributed by atoms with Crippen LogP contribution in [0, 0.1) is 12.8 Å². The molecule has 3 N–H and O–H groups in total. The third-order valence-electron chi connectivity index (χ3n) is 2.55. The van der Waals surface area contributed by atoms with Gasteiger partial charge in [-0.2, -0.15) is 5.10 Å². The van der Waals surface area contributed by atoms with Crippen molar-refractivity contribution in [3.63, 3.8) is 0 Å². The fraction of sp³-hybridized carbons (Fsp3) is 0.700. The second kappa shape index (κ2) is 4.57. The van der Waals surface area contributed by atoms with Crippen LogP contribution in [0.5, 0.6) is 0 Å². The van der Waals surface area contributed by atoms with Crippen LogP contribution in [0.3, 0.4) is 0 Å². The molecule has 0 saturated carbocycles. The summed E-state index contributed by atoms with van der Waals surface area (Å²) in [5, 5.41) is 4.31. The Balaban J connectivity index is 2.71. The van der Waals surface area contributed by atoms with Crippen molar-refractivity contribution < 1.29 is 0 Å². The number of rotatable bonds is 4. The molecule has 0 amide bonds. The van der Waals surface area contributed by atoms with Crippen LogP contribution >= 0.6 is 0 Å². The van der Waals surface area contributed by atoms with E-state index in [0.29, 0.717) is 12.0 Å². The van der Waals surface area contributed by atoms with Gasteiger partial charge in [0.25, 0.3) is 0 Å². The number of hydrogen-bond donors (Lipinski definition) is 2. The third kappa shape index (κ3) is 2.56. The van der Waals surface area contributed by atoms with E-state index in [1.807, 2.05) is 18.7 Å². The van der Waals surface area contributed by atoms with E-state index in [1.165, 1.54) is 5.69 Å². The third-order valence-corrected chi connectivity index (χ3v) is 2.55. The van der Waals surface area contributed by atoms with Gasteiger partial charge in [0.15, 0.2) is 0 Å². The molecular formula is C10H20N4. The van der Waals surface area contributed by atoms with Crippen LogP contribution in [0.1, 0.15) is 25.2 Å². The summed E-state index contributed by atoms with van der Waals surface area (Å²) in [5.74, 6) is 6.02. The molecule has 4 heteroatoms. The van der Waals surface area contributed by atoms with Gasteiger partial charge < -0.3 is 0 Å². The number of nitrogens with two attached hydrogens (primary N) is 1. The molecule has 1 unspecified atom stereocenters. The van der Waals surface area contributed by atoms with Gasteiger partial charge in [-0.15, -0.1) is 0 Å². The lowest BCUT2D eigenvalue weighted by atomic mass is 10.00. The minimum absolute atomic E-state index is 0.310. The summed E-state index contributed by atoms with van der Waals surface area (Å²) in [6.45, 7) is 6.32. The van der Waals surface area contributed by atoms with Crippen LogP contribution in [0.25, 0.3) is 0 Å². The zero-order valence-corrected chi connectivity index (χ0v) is 9.41. The average Bonchev–Trinajstić information content (AvgIpc) is 2.40. The van der Waals surface area contributed by atoms with Crippen LogP contribution in [-0.4, -0.2) is 15.8 Å². The minimum atomic E-state index is 0.310. The second-order valence-electron chi connectivity index (χ2n) is 4.12. The van der Waals surface area contributed by atoms with Gasteiger partial charge in [0.1, 0.15) is 0 Å². The molecule has 0 spiro atoms. The summed E-state index contributed by atoms with van der Waals surface area (Å²) < 4.78 is 1.92. The molecule has 80 valence electrons. The molecule has 1 aromatic rings. The van der Waals surface area contributed by atoms with Gasteiger partial charge in [-0.25, -0.2) is 0 Å². The first kappa shape index (κ1) is 11.2. The van der Waals surface area contributed by atoms with E-state index in [4.69, 9.17) is 5.84 Å². The fourth-order valence-corrected chi connectivity index (χ4v) is 1.57. The highest BCUT2D eigenvalue weighted by atomic mass is 15.3. The summed E-state index contributed by atoms with van der Waals surface area (Å²) >= 11 is 0. The van der Waals surface area contributed by atoms with Gasteiger partial charge in [0, 0.05) is 25.2 Å². The molecule has 0 radical (unpaired) electrons. The lowest BCUT2D eigenvalue weighted by molar-refractivity contribution is 0.396. The van der Waals surface area contributed by atoms with Crippen molar-refractivity contribution in [1.82, 2.24) is 15.2 Å². The molecule has 0 aliphatic rings. The monoisotopic (exact) mass is 196 g/mol. The fourth-order valence-electron chi connectivity index (χ4n) is 1.57. The Kier molecular flexibility index (Phi) is 3.66. The molecular weight excluding hydrogens is 176 g/mol. The summed E-state index contributed by atoms with van der Waals surface area (Å²) in [4.78, 5) is 0. The van der Waals surface area contributed by atoms with Gasteiger partial charge in [-0.3, -0.25) is 16.0 Å². The molecule has 1 rings (SSSR count). The maximum Gasteiger partial charge on any atom is 0.0596 e. The van der Waals surface area contributed by atoms with E-state index in [9.17, 15) is 0 Å². The number of nitrogens with zero attached hydrogens (tertiary/aromatic N) is 2. The first-order valence-corrected chi connectivity index (χ1v) is 5.00. The summed E-state index contributed by atoms with van der Waals surface area (Å²) in [6, 6.07) is 2.41. The molecule has 1 atom stereocenters. The van der Waals surface area contributed by atoms with Crippen LogP contribution < -0.4 is 11.3 Å². The summed E-state index contributed by atoms with van der Waals surface area (Å²) in [5.41, 5.74) is 5.12. The van der Waals surface area contributed by atoms with Crippen LogP contribution in [0.15, 0.2) is 6.07 Å². The number of nitrogens with one attached hydrogen (secondary N) is 1.